The van der Waals surface area contributed by atoms with Gasteiger partial charge in [0, 0.05) is 0 Å². The number of fused-ring (bicyclic) bond motifs is 2. The number of rotatable bonds is 4. The summed E-state index contributed by atoms with van der Waals surface area (Å²) in [5.41, 5.74) is -1.22. The fourth-order valence-electron chi connectivity index (χ4n) is 3.07. The van der Waals surface area contributed by atoms with E-state index in [0.29, 0.717) is 0 Å². The predicted molar refractivity (Wildman–Crippen MR) is 67.8 cm³/mol. The van der Waals surface area contributed by atoms with E-state index in [2.05, 4.69) is 0 Å². The van der Waals surface area contributed by atoms with Crippen LogP contribution in [0.4, 0.5) is 0 Å². The normalized spacial score (nSPS) is 34.4. The zero-order valence-electron chi connectivity index (χ0n) is 11.1. The summed E-state index contributed by atoms with van der Waals surface area (Å²) in [4.78, 5) is 0. The molecule has 16 heavy (non-hydrogen) atoms. The van der Waals surface area contributed by atoms with Gasteiger partial charge >= 0.3 is 0 Å². The lowest BCUT2D eigenvalue weighted by molar-refractivity contribution is -0.0913. The van der Waals surface area contributed by atoms with Gasteiger partial charge in [-0.05, 0) is 51.8 Å². The zero-order valence-corrected chi connectivity index (χ0v) is 11.1. The predicted octanol–water partition coefficient (Wildman–Crippen LogP) is 2.51. The average molecular weight is 224 g/mol. The highest BCUT2D eigenvalue weighted by Crippen LogP contribution is 2.51. The lowest BCUT2D eigenvalue weighted by atomic mass is 9.68. The molecule has 2 fully saturated rings. The highest BCUT2D eigenvalue weighted by atomic mass is 16.5. The Morgan fingerprint density at radius 3 is 2.25 bits per heavy atom. The molecule has 3 heteroatoms. The second-order valence-corrected chi connectivity index (χ2v) is 6.82. The molecule has 3 unspecified atom stereocenters. The van der Waals surface area contributed by atoms with E-state index in [1.165, 1.54) is 25.7 Å². The number of hydrogen-bond donors (Lipinski definition) is 1. The molecule has 2 rings (SSSR count). The molecule has 92 valence electrons. The van der Waals surface area contributed by atoms with Crippen molar-refractivity contribution in [2.45, 2.75) is 70.4 Å². The maximum atomic E-state index is 10.0. The SMILES string of the molecule is CC(C)(O)C(C)(C)OBC1CC2CCC1C2. The van der Waals surface area contributed by atoms with Crippen LogP contribution in [0, 0.1) is 11.8 Å². The van der Waals surface area contributed by atoms with Crippen LogP contribution in [0.1, 0.15) is 53.4 Å². The van der Waals surface area contributed by atoms with Crippen LogP contribution in [0.15, 0.2) is 0 Å². The Kier molecular flexibility index (Phi) is 3.13. The van der Waals surface area contributed by atoms with Crippen LogP contribution in [0.5, 0.6) is 0 Å². The van der Waals surface area contributed by atoms with E-state index in [1.54, 1.807) is 0 Å². The summed E-state index contributed by atoms with van der Waals surface area (Å²) in [5, 5.41) is 10.0. The van der Waals surface area contributed by atoms with Gasteiger partial charge in [-0.1, -0.05) is 19.3 Å². The van der Waals surface area contributed by atoms with Crippen molar-refractivity contribution in [3.05, 3.63) is 0 Å². The van der Waals surface area contributed by atoms with Gasteiger partial charge < -0.3 is 9.76 Å². The standard InChI is InChI=1S/C13H25BO2/c1-12(2,15)13(3,4)16-14-11-8-9-5-6-10(11)7-9/h9-11,14-15H,5-8H2,1-4H3. The molecule has 0 heterocycles. The molecule has 2 aliphatic carbocycles. The lowest BCUT2D eigenvalue weighted by Crippen LogP contribution is -2.48. The first-order valence-corrected chi connectivity index (χ1v) is 6.66. The third kappa shape index (κ3) is 2.30. The van der Waals surface area contributed by atoms with E-state index < -0.39 is 11.2 Å². The van der Waals surface area contributed by atoms with Gasteiger partial charge in [-0.3, -0.25) is 0 Å². The summed E-state index contributed by atoms with van der Waals surface area (Å²) in [6, 6.07) is 0. The number of hydrogen-bond acceptors (Lipinski definition) is 2. The quantitative estimate of drug-likeness (QED) is 0.743. The summed E-state index contributed by atoms with van der Waals surface area (Å²) in [6.07, 6.45) is 5.63. The van der Waals surface area contributed by atoms with Crippen LogP contribution >= 0.6 is 0 Å². The van der Waals surface area contributed by atoms with Gasteiger partial charge in [0.05, 0.1) is 11.2 Å². The molecule has 0 saturated heterocycles. The Morgan fingerprint density at radius 1 is 1.12 bits per heavy atom. The molecule has 0 amide bonds. The topological polar surface area (TPSA) is 29.5 Å². The molecule has 0 spiro atoms. The maximum Gasteiger partial charge on any atom is 0.279 e. The molecule has 2 aliphatic rings. The van der Waals surface area contributed by atoms with Crippen LogP contribution < -0.4 is 0 Å². The van der Waals surface area contributed by atoms with Crippen molar-refractivity contribution in [1.29, 1.82) is 0 Å². The Bertz CT molecular complexity index is 257. The fourth-order valence-corrected chi connectivity index (χ4v) is 3.07. The van der Waals surface area contributed by atoms with Crippen molar-refractivity contribution in [2.24, 2.45) is 11.8 Å². The van der Waals surface area contributed by atoms with E-state index in [0.717, 1.165) is 25.1 Å². The van der Waals surface area contributed by atoms with E-state index in [-0.39, 0.29) is 0 Å². The van der Waals surface area contributed by atoms with Crippen LogP contribution in [0.25, 0.3) is 0 Å². The van der Waals surface area contributed by atoms with Crippen LogP contribution in [0.3, 0.4) is 0 Å². The fraction of sp³-hybridized carbons (Fsp3) is 1.00. The molecular formula is C13H25BO2. The van der Waals surface area contributed by atoms with E-state index in [1.807, 2.05) is 27.7 Å². The smallest absolute Gasteiger partial charge is 0.279 e. The first-order chi connectivity index (χ1) is 7.29. The van der Waals surface area contributed by atoms with Gasteiger partial charge in [-0.2, -0.15) is 0 Å². The average Bonchev–Trinajstić information content (AvgIpc) is 2.73. The molecule has 0 aromatic carbocycles. The first-order valence-electron chi connectivity index (χ1n) is 6.66. The third-order valence-corrected chi connectivity index (χ3v) is 5.02. The van der Waals surface area contributed by atoms with Gasteiger partial charge in [-0.25, -0.2) is 0 Å². The summed E-state index contributed by atoms with van der Waals surface area (Å²) >= 11 is 0. The Hall–Kier alpha value is -0.0151. The molecule has 2 saturated carbocycles. The Balaban J connectivity index is 1.84. The van der Waals surface area contributed by atoms with Crippen molar-refractivity contribution in [3.63, 3.8) is 0 Å². The molecule has 2 nitrogen and oxygen atoms in total. The second-order valence-electron chi connectivity index (χ2n) is 6.82. The van der Waals surface area contributed by atoms with Crippen LogP contribution in [0.2, 0.25) is 5.82 Å². The minimum absolute atomic E-state index is 0.450. The van der Waals surface area contributed by atoms with Crippen LogP contribution in [-0.2, 0) is 4.65 Å². The molecule has 0 aromatic heterocycles. The summed E-state index contributed by atoms with van der Waals surface area (Å²) in [7, 11) is 0.832. The second kappa shape index (κ2) is 4.02. The van der Waals surface area contributed by atoms with Crippen molar-refractivity contribution in [2.75, 3.05) is 0 Å². The third-order valence-electron chi connectivity index (χ3n) is 5.02. The molecule has 0 aliphatic heterocycles. The first kappa shape index (κ1) is 12.4. The molecular weight excluding hydrogens is 199 g/mol. The Labute approximate surface area is 100 Å². The van der Waals surface area contributed by atoms with Crippen molar-refractivity contribution >= 4 is 7.48 Å². The number of aliphatic hydroxyl groups is 1. The molecule has 3 atom stereocenters. The minimum atomic E-state index is -0.773. The minimum Gasteiger partial charge on any atom is -0.432 e. The highest BCUT2D eigenvalue weighted by Gasteiger charge is 2.42. The zero-order chi connectivity index (χ0) is 12.0. The maximum absolute atomic E-state index is 10.0. The molecule has 0 radical (unpaired) electrons. The van der Waals surface area contributed by atoms with Gasteiger partial charge in [0.25, 0.3) is 7.48 Å². The van der Waals surface area contributed by atoms with Crippen molar-refractivity contribution in [1.82, 2.24) is 0 Å². The summed E-state index contributed by atoms with van der Waals surface area (Å²) < 4.78 is 5.98. The van der Waals surface area contributed by atoms with Gasteiger partial charge in [-0.15, -0.1) is 0 Å². The van der Waals surface area contributed by atoms with Crippen molar-refractivity contribution < 1.29 is 9.76 Å². The Morgan fingerprint density at radius 2 is 1.81 bits per heavy atom. The van der Waals surface area contributed by atoms with Gasteiger partial charge in [0.15, 0.2) is 0 Å². The largest absolute Gasteiger partial charge is 0.432 e. The summed E-state index contributed by atoms with van der Waals surface area (Å²) in [5.74, 6) is 2.63. The van der Waals surface area contributed by atoms with E-state index in [4.69, 9.17) is 4.65 Å². The molecule has 0 aromatic rings. The lowest BCUT2D eigenvalue weighted by Gasteiger charge is -2.39. The van der Waals surface area contributed by atoms with E-state index >= 15 is 0 Å². The molecule has 2 bridgehead atoms. The van der Waals surface area contributed by atoms with Gasteiger partial charge in [0.1, 0.15) is 0 Å². The van der Waals surface area contributed by atoms with Crippen molar-refractivity contribution in [3.8, 4) is 0 Å². The summed E-state index contributed by atoms with van der Waals surface area (Å²) in [6.45, 7) is 7.63. The monoisotopic (exact) mass is 224 g/mol. The van der Waals surface area contributed by atoms with E-state index in [9.17, 15) is 5.11 Å². The highest BCUT2D eigenvalue weighted by molar-refractivity contribution is 6.30. The van der Waals surface area contributed by atoms with Gasteiger partial charge in [0.2, 0.25) is 0 Å². The molecule has 1 N–H and O–H groups in total. The van der Waals surface area contributed by atoms with Crippen LogP contribution in [-0.4, -0.2) is 23.8 Å².